The average Bonchev–Trinajstić information content (AvgIpc) is 1.87. The monoisotopic (exact) mass is 147 g/mol. The molecule has 0 radical (unpaired) electrons. The molecule has 0 amide bonds. The molecule has 9 heavy (non-hydrogen) atoms. The van der Waals surface area contributed by atoms with Gasteiger partial charge in [-0.25, -0.2) is 0 Å². The van der Waals surface area contributed by atoms with Gasteiger partial charge in [-0.1, -0.05) is 18.7 Å². The van der Waals surface area contributed by atoms with Crippen LogP contribution in [0.5, 0.6) is 0 Å². The Morgan fingerprint density at radius 3 is 2.67 bits per heavy atom. The van der Waals surface area contributed by atoms with E-state index in [1.165, 1.54) is 11.8 Å². The third-order valence-electron chi connectivity index (χ3n) is 1.02. The van der Waals surface area contributed by atoms with Crippen LogP contribution in [0.4, 0.5) is 0 Å². The number of nitrogens with one attached hydrogen (secondary N) is 1. The maximum atomic E-state index is 7.25. The van der Waals surface area contributed by atoms with E-state index in [1.807, 2.05) is 6.92 Å². The van der Waals surface area contributed by atoms with Crippen molar-refractivity contribution < 1.29 is 0 Å². The molecule has 0 aliphatic carbocycles. The van der Waals surface area contributed by atoms with E-state index in [0.717, 1.165) is 6.42 Å². The first-order valence-corrected chi connectivity index (χ1v) is 3.87. The lowest BCUT2D eigenvalue weighted by atomic mass is 10.3. The second-order valence-corrected chi connectivity index (χ2v) is 2.75. The molecule has 5 N–H and O–H groups in total. The molecule has 1 unspecified atom stereocenters. The Balaban J connectivity index is 3.46. The second kappa shape index (κ2) is 4.78. The molecule has 0 spiro atoms. The van der Waals surface area contributed by atoms with Gasteiger partial charge in [0.25, 0.3) is 0 Å². The first-order chi connectivity index (χ1) is 4.22. The highest BCUT2D eigenvalue weighted by Gasteiger charge is 2.04. The number of hydrogen-bond acceptors (Lipinski definition) is 4. The summed E-state index contributed by atoms with van der Waals surface area (Å²) in [4.78, 5) is 0. The Labute approximate surface area is 59.7 Å². The highest BCUT2D eigenvalue weighted by molar-refractivity contribution is 8.13. The van der Waals surface area contributed by atoms with Gasteiger partial charge < -0.3 is 11.5 Å². The van der Waals surface area contributed by atoms with E-state index >= 15 is 0 Å². The fourth-order valence-corrected chi connectivity index (χ4v) is 0.943. The molecule has 0 saturated carbocycles. The van der Waals surface area contributed by atoms with E-state index in [4.69, 9.17) is 16.9 Å². The van der Waals surface area contributed by atoms with Crippen LogP contribution in [0.3, 0.4) is 0 Å². The molecule has 0 saturated heterocycles. The van der Waals surface area contributed by atoms with Crippen LogP contribution < -0.4 is 11.5 Å². The molecule has 0 aromatic heterocycles. The van der Waals surface area contributed by atoms with E-state index in [-0.39, 0.29) is 6.04 Å². The van der Waals surface area contributed by atoms with E-state index in [0.29, 0.717) is 10.9 Å². The zero-order valence-electron chi connectivity index (χ0n) is 5.55. The highest BCUT2D eigenvalue weighted by atomic mass is 32.2. The lowest BCUT2D eigenvalue weighted by Crippen LogP contribution is -2.27. The van der Waals surface area contributed by atoms with Gasteiger partial charge in [0.15, 0.2) is 0 Å². The van der Waals surface area contributed by atoms with Crippen LogP contribution in [0.1, 0.15) is 13.3 Å². The minimum absolute atomic E-state index is 0.112. The molecule has 4 heteroatoms. The summed E-state index contributed by atoms with van der Waals surface area (Å²) in [7, 11) is 0. The van der Waals surface area contributed by atoms with Crippen molar-refractivity contribution >= 4 is 16.8 Å². The number of rotatable bonds is 3. The maximum absolute atomic E-state index is 7.25. The molecule has 0 aliphatic rings. The minimum atomic E-state index is -0.112. The molecule has 1 atom stereocenters. The van der Waals surface area contributed by atoms with E-state index in [9.17, 15) is 0 Å². The summed E-state index contributed by atoms with van der Waals surface area (Å²) >= 11 is 1.30. The molecule has 3 nitrogen and oxygen atoms in total. The SMILES string of the molecule is CCC(N)C(=N)SCN. The summed E-state index contributed by atoms with van der Waals surface area (Å²) in [5.74, 6) is 0.451. The minimum Gasteiger partial charge on any atom is -0.322 e. The maximum Gasteiger partial charge on any atom is 0.0821 e. The fourth-order valence-electron chi connectivity index (χ4n) is 0.382. The van der Waals surface area contributed by atoms with Gasteiger partial charge in [-0.15, -0.1) is 0 Å². The third kappa shape index (κ3) is 3.51. The summed E-state index contributed by atoms with van der Waals surface area (Å²) in [6, 6.07) is -0.112. The van der Waals surface area contributed by atoms with Gasteiger partial charge in [0.05, 0.1) is 11.1 Å². The quantitative estimate of drug-likeness (QED) is 0.306. The number of hydrogen-bond donors (Lipinski definition) is 3. The Bertz CT molecular complexity index is 94.2. The van der Waals surface area contributed by atoms with Crippen molar-refractivity contribution in [2.45, 2.75) is 19.4 Å². The van der Waals surface area contributed by atoms with Gasteiger partial charge >= 0.3 is 0 Å². The van der Waals surface area contributed by atoms with Crippen molar-refractivity contribution in [1.82, 2.24) is 0 Å². The Hall–Kier alpha value is -0.0600. The zero-order chi connectivity index (χ0) is 7.28. The first kappa shape index (κ1) is 8.94. The Morgan fingerprint density at radius 1 is 1.78 bits per heavy atom. The topological polar surface area (TPSA) is 75.9 Å². The van der Waals surface area contributed by atoms with Crippen molar-refractivity contribution in [3.8, 4) is 0 Å². The molecular formula is C5H13N3S. The predicted molar refractivity (Wildman–Crippen MR) is 42.6 cm³/mol. The molecule has 0 fully saturated rings. The summed E-state index contributed by atoms with van der Waals surface area (Å²) < 4.78 is 0. The lowest BCUT2D eigenvalue weighted by Gasteiger charge is -2.07. The third-order valence-corrected chi connectivity index (χ3v) is 1.80. The first-order valence-electron chi connectivity index (χ1n) is 2.89. The van der Waals surface area contributed by atoms with E-state index in [2.05, 4.69) is 0 Å². The van der Waals surface area contributed by atoms with Crippen LogP contribution >= 0.6 is 11.8 Å². The molecule has 0 aliphatic heterocycles. The highest BCUT2D eigenvalue weighted by Crippen LogP contribution is 2.03. The van der Waals surface area contributed by atoms with Crippen molar-refractivity contribution in [3.63, 3.8) is 0 Å². The molecule has 0 heterocycles. The zero-order valence-corrected chi connectivity index (χ0v) is 6.37. The summed E-state index contributed by atoms with van der Waals surface area (Å²) in [5.41, 5.74) is 10.7. The standard InChI is InChI=1S/C5H13N3S/c1-2-4(7)5(8)9-3-6/h4,8H,2-3,6-7H2,1H3. The molecule has 0 bridgehead atoms. The summed E-state index contributed by atoms with van der Waals surface area (Å²) in [6.07, 6.45) is 0.811. The predicted octanol–water partition coefficient (Wildman–Crippen LogP) is 0.350. The van der Waals surface area contributed by atoms with Gasteiger partial charge in [0.2, 0.25) is 0 Å². The molecule has 54 valence electrons. The van der Waals surface area contributed by atoms with Crippen LogP contribution in [0.15, 0.2) is 0 Å². The van der Waals surface area contributed by atoms with Crippen molar-refractivity contribution in [2.24, 2.45) is 11.5 Å². The van der Waals surface area contributed by atoms with Crippen LogP contribution in [-0.2, 0) is 0 Å². The molecule has 0 aromatic carbocycles. The largest absolute Gasteiger partial charge is 0.322 e. The summed E-state index contributed by atoms with van der Waals surface area (Å²) in [5, 5.41) is 7.74. The normalized spacial score (nSPS) is 13.2. The Kier molecular flexibility index (Phi) is 4.75. The van der Waals surface area contributed by atoms with Gasteiger partial charge in [-0.05, 0) is 6.42 Å². The average molecular weight is 147 g/mol. The molecule has 0 rings (SSSR count). The van der Waals surface area contributed by atoms with Crippen molar-refractivity contribution in [3.05, 3.63) is 0 Å². The molecular weight excluding hydrogens is 134 g/mol. The van der Waals surface area contributed by atoms with Gasteiger partial charge in [0.1, 0.15) is 0 Å². The summed E-state index contributed by atoms with van der Waals surface area (Å²) in [6.45, 7) is 1.95. The smallest absolute Gasteiger partial charge is 0.0821 e. The number of thioether (sulfide) groups is 1. The number of nitrogens with two attached hydrogens (primary N) is 2. The fraction of sp³-hybridized carbons (Fsp3) is 0.800. The van der Waals surface area contributed by atoms with Crippen LogP contribution in [0.2, 0.25) is 0 Å². The van der Waals surface area contributed by atoms with Crippen LogP contribution in [-0.4, -0.2) is 17.0 Å². The van der Waals surface area contributed by atoms with Crippen molar-refractivity contribution in [1.29, 1.82) is 5.41 Å². The van der Waals surface area contributed by atoms with Crippen molar-refractivity contribution in [2.75, 3.05) is 5.88 Å². The van der Waals surface area contributed by atoms with Crippen LogP contribution in [0.25, 0.3) is 0 Å². The van der Waals surface area contributed by atoms with E-state index < -0.39 is 0 Å². The van der Waals surface area contributed by atoms with Crippen LogP contribution in [0, 0.1) is 5.41 Å². The Morgan fingerprint density at radius 2 is 2.33 bits per heavy atom. The van der Waals surface area contributed by atoms with E-state index in [1.54, 1.807) is 0 Å². The van der Waals surface area contributed by atoms with Gasteiger partial charge in [-0.2, -0.15) is 0 Å². The lowest BCUT2D eigenvalue weighted by molar-refractivity contribution is 0.825. The van der Waals surface area contributed by atoms with Gasteiger partial charge in [-0.3, -0.25) is 5.41 Å². The molecule has 0 aromatic rings. The second-order valence-electron chi connectivity index (χ2n) is 1.69. The van der Waals surface area contributed by atoms with Gasteiger partial charge in [0, 0.05) is 5.88 Å².